The normalized spacial score (nSPS) is 19.0. The van der Waals surface area contributed by atoms with Crippen LogP contribution in [-0.2, 0) is 11.2 Å². The molecule has 2 N–H and O–H groups in total. The Bertz CT molecular complexity index is 621. The molecule has 1 aliphatic rings. The number of anilines is 2. The summed E-state index contributed by atoms with van der Waals surface area (Å²) in [5.41, 5.74) is 5.87. The van der Waals surface area contributed by atoms with E-state index >= 15 is 0 Å². The summed E-state index contributed by atoms with van der Waals surface area (Å²) in [6, 6.07) is 2.19. The van der Waals surface area contributed by atoms with Gasteiger partial charge in [0.1, 0.15) is 10.6 Å². The molecular formula is C15H22N4OS. The van der Waals surface area contributed by atoms with Crippen LogP contribution in [0, 0.1) is 0 Å². The molecule has 0 spiro atoms. The van der Waals surface area contributed by atoms with E-state index in [0.29, 0.717) is 12.1 Å². The van der Waals surface area contributed by atoms with Gasteiger partial charge in [-0.2, -0.15) is 4.98 Å². The van der Waals surface area contributed by atoms with Crippen molar-refractivity contribution in [2.24, 2.45) is 0 Å². The predicted molar refractivity (Wildman–Crippen MR) is 88.1 cm³/mol. The van der Waals surface area contributed by atoms with Crippen LogP contribution in [0.5, 0.6) is 0 Å². The van der Waals surface area contributed by atoms with E-state index in [4.69, 9.17) is 10.5 Å². The zero-order valence-corrected chi connectivity index (χ0v) is 13.4. The highest BCUT2D eigenvalue weighted by Crippen LogP contribution is 2.31. The van der Waals surface area contributed by atoms with Gasteiger partial charge in [-0.05, 0) is 31.7 Å². The molecule has 1 aliphatic heterocycles. The van der Waals surface area contributed by atoms with Crippen molar-refractivity contribution in [3.05, 3.63) is 10.9 Å². The number of rotatable bonds is 4. The molecular weight excluding hydrogens is 284 g/mol. The minimum absolute atomic E-state index is 0.291. The Labute approximate surface area is 129 Å². The van der Waals surface area contributed by atoms with Crippen LogP contribution in [0.2, 0.25) is 0 Å². The smallest absolute Gasteiger partial charge is 0.223 e. The lowest BCUT2D eigenvalue weighted by Gasteiger charge is -2.28. The fourth-order valence-electron chi connectivity index (χ4n) is 2.78. The van der Waals surface area contributed by atoms with Crippen LogP contribution in [0.15, 0.2) is 6.07 Å². The van der Waals surface area contributed by atoms with Crippen molar-refractivity contribution in [3.63, 3.8) is 0 Å². The van der Waals surface area contributed by atoms with E-state index in [9.17, 15) is 0 Å². The summed E-state index contributed by atoms with van der Waals surface area (Å²) in [6.45, 7) is 3.88. The SMILES string of the molecule is CCc1cc2c(N(C)CC3CCCCO3)nc(N)nc2s1. The molecule has 6 heteroatoms. The van der Waals surface area contributed by atoms with E-state index in [2.05, 4.69) is 34.9 Å². The highest BCUT2D eigenvalue weighted by Gasteiger charge is 2.19. The van der Waals surface area contributed by atoms with Gasteiger partial charge < -0.3 is 15.4 Å². The molecule has 21 heavy (non-hydrogen) atoms. The molecule has 0 amide bonds. The third-order valence-corrected chi connectivity index (χ3v) is 5.08. The van der Waals surface area contributed by atoms with E-state index in [1.54, 1.807) is 11.3 Å². The molecule has 2 aromatic rings. The maximum absolute atomic E-state index is 5.87. The minimum atomic E-state index is 0.291. The first kappa shape index (κ1) is 14.5. The van der Waals surface area contributed by atoms with E-state index in [0.717, 1.165) is 42.0 Å². The summed E-state index contributed by atoms with van der Waals surface area (Å²) < 4.78 is 5.83. The highest BCUT2D eigenvalue weighted by atomic mass is 32.1. The first-order valence-corrected chi connectivity index (χ1v) is 8.37. The van der Waals surface area contributed by atoms with E-state index in [1.165, 1.54) is 17.7 Å². The van der Waals surface area contributed by atoms with Crippen molar-refractivity contribution < 1.29 is 4.74 Å². The van der Waals surface area contributed by atoms with Crippen LogP contribution in [-0.4, -0.2) is 36.3 Å². The van der Waals surface area contributed by atoms with Crippen molar-refractivity contribution in [2.75, 3.05) is 30.8 Å². The largest absolute Gasteiger partial charge is 0.376 e. The van der Waals surface area contributed by atoms with Crippen molar-refractivity contribution in [2.45, 2.75) is 38.7 Å². The molecule has 0 saturated carbocycles. The van der Waals surface area contributed by atoms with Crippen molar-refractivity contribution in [3.8, 4) is 0 Å². The van der Waals surface area contributed by atoms with Crippen LogP contribution in [0.3, 0.4) is 0 Å². The monoisotopic (exact) mass is 306 g/mol. The molecule has 1 fully saturated rings. The Kier molecular flexibility index (Phi) is 4.26. The van der Waals surface area contributed by atoms with Crippen LogP contribution in [0.25, 0.3) is 10.2 Å². The number of hydrogen-bond acceptors (Lipinski definition) is 6. The van der Waals surface area contributed by atoms with Crippen LogP contribution in [0.4, 0.5) is 11.8 Å². The zero-order chi connectivity index (χ0) is 14.8. The molecule has 1 saturated heterocycles. The first-order valence-electron chi connectivity index (χ1n) is 7.56. The van der Waals surface area contributed by atoms with Gasteiger partial charge in [0, 0.05) is 25.1 Å². The lowest BCUT2D eigenvalue weighted by atomic mass is 10.1. The molecule has 3 heterocycles. The van der Waals surface area contributed by atoms with Crippen molar-refractivity contribution in [1.29, 1.82) is 0 Å². The molecule has 114 valence electrons. The predicted octanol–water partition coefficient (Wildman–Crippen LogP) is 2.84. The highest BCUT2D eigenvalue weighted by molar-refractivity contribution is 7.18. The van der Waals surface area contributed by atoms with Gasteiger partial charge in [0.2, 0.25) is 5.95 Å². The molecule has 5 nitrogen and oxygen atoms in total. The van der Waals surface area contributed by atoms with Gasteiger partial charge in [0.15, 0.2) is 0 Å². The maximum Gasteiger partial charge on any atom is 0.223 e. The summed E-state index contributed by atoms with van der Waals surface area (Å²) >= 11 is 1.70. The quantitative estimate of drug-likeness (QED) is 0.941. The van der Waals surface area contributed by atoms with Gasteiger partial charge in [0.05, 0.1) is 11.5 Å². The third-order valence-electron chi connectivity index (χ3n) is 3.90. The summed E-state index contributed by atoms with van der Waals surface area (Å²) in [4.78, 5) is 13.3. The number of thiophene rings is 1. The lowest BCUT2D eigenvalue weighted by molar-refractivity contribution is 0.0215. The number of aryl methyl sites for hydroxylation is 1. The molecule has 0 aliphatic carbocycles. The topological polar surface area (TPSA) is 64.3 Å². The third kappa shape index (κ3) is 3.11. The molecule has 3 rings (SSSR count). The Hall–Kier alpha value is -1.40. The Morgan fingerprint density at radius 2 is 2.29 bits per heavy atom. The van der Waals surface area contributed by atoms with Crippen LogP contribution >= 0.6 is 11.3 Å². The van der Waals surface area contributed by atoms with E-state index in [-0.39, 0.29) is 0 Å². The number of likely N-dealkylation sites (N-methyl/N-ethyl adjacent to an activating group) is 1. The van der Waals surface area contributed by atoms with Gasteiger partial charge in [-0.1, -0.05) is 6.92 Å². The van der Waals surface area contributed by atoms with Crippen LogP contribution in [0.1, 0.15) is 31.1 Å². The maximum atomic E-state index is 5.87. The average molecular weight is 306 g/mol. The Morgan fingerprint density at radius 1 is 1.43 bits per heavy atom. The summed E-state index contributed by atoms with van der Waals surface area (Å²) in [5.74, 6) is 1.26. The fraction of sp³-hybridized carbons (Fsp3) is 0.600. The molecule has 0 bridgehead atoms. The first-order chi connectivity index (χ1) is 10.2. The summed E-state index contributed by atoms with van der Waals surface area (Å²) in [6.07, 6.45) is 4.85. The second kappa shape index (κ2) is 6.15. The number of fused-ring (bicyclic) bond motifs is 1. The number of aromatic nitrogens is 2. The molecule has 2 aromatic heterocycles. The Morgan fingerprint density at radius 3 is 3.00 bits per heavy atom. The van der Waals surface area contributed by atoms with E-state index < -0.39 is 0 Å². The number of nitrogens with zero attached hydrogens (tertiary/aromatic N) is 3. The summed E-state index contributed by atoms with van der Waals surface area (Å²) in [7, 11) is 2.06. The van der Waals surface area contributed by atoms with Gasteiger partial charge in [-0.25, -0.2) is 4.98 Å². The minimum Gasteiger partial charge on any atom is -0.376 e. The lowest BCUT2D eigenvalue weighted by Crippen LogP contribution is -2.34. The van der Waals surface area contributed by atoms with Gasteiger partial charge >= 0.3 is 0 Å². The number of nitrogens with two attached hydrogens (primary N) is 1. The number of ether oxygens (including phenoxy) is 1. The summed E-state index contributed by atoms with van der Waals surface area (Å²) in [5, 5.41) is 1.10. The average Bonchev–Trinajstić information content (AvgIpc) is 2.90. The molecule has 1 unspecified atom stereocenters. The van der Waals surface area contributed by atoms with Gasteiger partial charge in [-0.3, -0.25) is 0 Å². The Balaban J connectivity index is 1.88. The van der Waals surface area contributed by atoms with Gasteiger partial charge in [-0.15, -0.1) is 11.3 Å². The molecule has 0 radical (unpaired) electrons. The van der Waals surface area contributed by atoms with Crippen molar-refractivity contribution >= 4 is 33.3 Å². The number of nitrogen functional groups attached to an aromatic ring is 1. The van der Waals surface area contributed by atoms with Crippen LogP contribution < -0.4 is 10.6 Å². The van der Waals surface area contributed by atoms with Crippen molar-refractivity contribution in [1.82, 2.24) is 9.97 Å². The fourth-order valence-corrected chi connectivity index (χ4v) is 3.75. The second-order valence-corrected chi connectivity index (χ2v) is 6.67. The zero-order valence-electron chi connectivity index (χ0n) is 12.6. The van der Waals surface area contributed by atoms with Gasteiger partial charge in [0.25, 0.3) is 0 Å². The molecule has 1 atom stereocenters. The number of hydrogen-bond donors (Lipinski definition) is 1. The molecule has 0 aromatic carbocycles. The van der Waals surface area contributed by atoms with E-state index in [1.807, 2.05) is 0 Å². The standard InChI is InChI=1S/C15H22N4OS/c1-3-11-8-12-13(17-15(16)18-14(12)21-11)19(2)9-10-6-4-5-7-20-10/h8,10H,3-7,9H2,1-2H3,(H2,16,17,18). The second-order valence-electron chi connectivity index (χ2n) is 5.56.